The zero-order valence-electron chi connectivity index (χ0n) is 27.6. The maximum absolute atomic E-state index is 14.0. The number of hydrogen-bond donors (Lipinski definition) is 0. The van der Waals surface area contributed by atoms with Crippen LogP contribution in [0.2, 0.25) is 0 Å². The average Bonchev–Trinajstić information content (AvgIpc) is 3.09. The number of ether oxygens (including phenoxy) is 4. The third kappa shape index (κ3) is 5.02. The SMILES string of the molecule is CCCOCCN1C(=O)c2ccc3c4ccc5c6c(ccc(c7ccc(c2c37)C1=O)c64)C(=O)N(C(C)COC(C)COCCOC)C5=O. The number of fused-ring (bicyclic) bond motifs is 2. The van der Waals surface area contributed by atoms with Crippen molar-refractivity contribution in [3.05, 3.63) is 70.8 Å². The van der Waals surface area contributed by atoms with Crippen LogP contribution in [-0.2, 0) is 18.9 Å². The zero-order chi connectivity index (χ0) is 33.7. The Morgan fingerprint density at radius 3 is 1.56 bits per heavy atom. The van der Waals surface area contributed by atoms with Gasteiger partial charge in [-0.25, -0.2) is 0 Å². The molecule has 0 fully saturated rings. The molecule has 0 radical (unpaired) electrons. The van der Waals surface area contributed by atoms with E-state index in [1.54, 1.807) is 38.3 Å². The van der Waals surface area contributed by atoms with E-state index in [0.717, 1.165) is 38.7 Å². The number of amides is 4. The fourth-order valence-corrected chi connectivity index (χ4v) is 7.16. The molecule has 0 aromatic heterocycles. The van der Waals surface area contributed by atoms with Crippen molar-refractivity contribution in [3.8, 4) is 0 Å². The monoisotopic (exact) mass is 650 g/mol. The van der Waals surface area contributed by atoms with E-state index in [-0.39, 0.29) is 49.5 Å². The van der Waals surface area contributed by atoms with Crippen LogP contribution in [0.25, 0.3) is 43.1 Å². The van der Waals surface area contributed by atoms with Crippen LogP contribution in [0.15, 0.2) is 48.5 Å². The minimum Gasteiger partial charge on any atom is -0.382 e. The molecule has 0 bridgehead atoms. The second-order valence-electron chi connectivity index (χ2n) is 12.6. The van der Waals surface area contributed by atoms with E-state index >= 15 is 0 Å². The van der Waals surface area contributed by atoms with Crippen molar-refractivity contribution in [1.82, 2.24) is 9.80 Å². The van der Waals surface area contributed by atoms with Crippen molar-refractivity contribution in [3.63, 3.8) is 0 Å². The smallest absolute Gasteiger partial charge is 0.261 e. The topological polar surface area (TPSA) is 112 Å². The molecule has 2 atom stereocenters. The molecule has 2 aliphatic heterocycles. The number of hydrogen-bond acceptors (Lipinski definition) is 8. The molecule has 0 spiro atoms. The molecule has 10 heteroatoms. The molecule has 48 heavy (non-hydrogen) atoms. The summed E-state index contributed by atoms with van der Waals surface area (Å²) in [7, 11) is 1.61. The van der Waals surface area contributed by atoms with Gasteiger partial charge in [0.15, 0.2) is 0 Å². The lowest BCUT2D eigenvalue weighted by molar-refractivity contribution is -0.0312. The Morgan fingerprint density at radius 1 is 0.583 bits per heavy atom. The highest BCUT2D eigenvalue weighted by molar-refractivity contribution is 6.41. The number of rotatable bonds is 14. The third-order valence-corrected chi connectivity index (χ3v) is 9.41. The van der Waals surface area contributed by atoms with Crippen molar-refractivity contribution >= 4 is 66.7 Å². The lowest BCUT2D eigenvalue weighted by atomic mass is 9.82. The van der Waals surface area contributed by atoms with Gasteiger partial charge in [-0.2, -0.15) is 0 Å². The molecule has 248 valence electrons. The summed E-state index contributed by atoms with van der Waals surface area (Å²) in [6.45, 7) is 8.22. The van der Waals surface area contributed by atoms with Crippen molar-refractivity contribution < 1.29 is 38.1 Å². The molecule has 0 saturated heterocycles. The quantitative estimate of drug-likeness (QED) is 0.0641. The fourth-order valence-electron chi connectivity index (χ4n) is 7.16. The van der Waals surface area contributed by atoms with Crippen LogP contribution in [0, 0.1) is 0 Å². The number of benzene rings is 5. The summed E-state index contributed by atoms with van der Waals surface area (Å²) in [5, 5.41) is 6.31. The van der Waals surface area contributed by atoms with Gasteiger partial charge in [0.25, 0.3) is 23.6 Å². The van der Waals surface area contributed by atoms with Crippen molar-refractivity contribution in [2.24, 2.45) is 0 Å². The van der Waals surface area contributed by atoms with Crippen LogP contribution in [0.3, 0.4) is 0 Å². The van der Waals surface area contributed by atoms with Crippen LogP contribution in [0.1, 0.15) is 68.6 Å². The number of carbonyl (C=O) groups excluding carboxylic acids is 4. The molecular weight excluding hydrogens is 612 g/mol. The first kappa shape index (κ1) is 32.1. The van der Waals surface area contributed by atoms with E-state index in [1.165, 1.54) is 9.80 Å². The summed E-state index contributed by atoms with van der Waals surface area (Å²) >= 11 is 0. The van der Waals surface area contributed by atoms with Gasteiger partial charge in [-0.15, -0.1) is 0 Å². The van der Waals surface area contributed by atoms with Crippen LogP contribution < -0.4 is 0 Å². The molecular formula is C38H38N2O8. The second kappa shape index (κ2) is 12.9. The van der Waals surface area contributed by atoms with Gasteiger partial charge in [-0.05, 0) is 76.9 Å². The summed E-state index contributed by atoms with van der Waals surface area (Å²) in [6.07, 6.45) is 0.628. The number of carbonyl (C=O) groups is 4. The molecule has 0 aliphatic carbocycles. The van der Waals surface area contributed by atoms with Gasteiger partial charge in [0.1, 0.15) is 0 Å². The number of imide groups is 2. The van der Waals surface area contributed by atoms with E-state index in [9.17, 15) is 19.2 Å². The number of nitrogens with zero attached hydrogens (tertiary/aromatic N) is 2. The Balaban J connectivity index is 1.27. The molecule has 7 rings (SSSR count). The molecule has 10 nitrogen and oxygen atoms in total. The Hall–Kier alpha value is -4.48. The van der Waals surface area contributed by atoms with Gasteiger partial charge in [-0.1, -0.05) is 31.2 Å². The highest BCUT2D eigenvalue weighted by atomic mass is 16.5. The first-order chi connectivity index (χ1) is 23.3. The van der Waals surface area contributed by atoms with Gasteiger partial charge in [0.2, 0.25) is 0 Å². The minimum absolute atomic E-state index is 0.168. The Kier molecular flexibility index (Phi) is 8.59. The molecule has 2 unspecified atom stereocenters. The second-order valence-corrected chi connectivity index (χ2v) is 12.6. The van der Waals surface area contributed by atoms with E-state index in [2.05, 4.69) is 0 Å². The predicted molar refractivity (Wildman–Crippen MR) is 182 cm³/mol. The molecule has 5 aromatic carbocycles. The van der Waals surface area contributed by atoms with Gasteiger partial charge in [-0.3, -0.25) is 29.0 Å². The first-order valence-electron chi connectivity index (χ1n) is 16.5. The third-order valence-electron chi connectivity index (χ3n) is 9.41. The predicted octanol–water partition coefficient (Wildman–Crippen LogP) is 5.81. The lowest BCUT2D eigenvalue weighted by Crippen LogP contribution is -2.48. The highest BCUT2D eigenvalue weighted by Crippen LogP contribution is 2.46. The van der Waals surface area contributed by atoms with Crippen LogP contribution in [0.4, 0.5) is 0 Å². The Labute approximate surface area is 277 Å². The molecule has 0 saturated carbocycles. The van der Waals surface area contributed by atoms with Crippen molar-refractivity contribution in [2.45, 2.75) is 39.3 Å². The summed E-state index contributed by atoms with van der Waals surface area (Å²) in [5.74, 6) is -1.41. The van der Waals surface area contributed by atoms with E-state index < -0.39 is 6.04 Å². The van der Waals surface area contributed by atoms with Crippen molar-refractivity contribution in [2.75, 3.05) is 53.3 Å². The van der Waals surface area contributed by atoms with Gasteiger partial charge >= 0.3 is 0 Å². The lowest BCUT2D eigenvalue weighted by Gasteiger charge is -2.33. The maximum Gasteiger partial charge on any atom is 0.261 e. The zero-order valence-corrected chi connectivity index (χ0v) is 27.6. The van der Waals surface area contributed by atoms with Crippen LogP contribution >= 0.6 is 0 Å². The Bertz CT molecular complexity index is 1990. The molecule has 5 aromatic rings. The van der Waals surface area contributed by atoms with Gasteiger partial charge in [0, 0.05) is 46.7 Å². The van der Waals surface area contributed by atoms with Crippen LogP contribution in [-0.4, -0.2) is 98.9 Å². The molecule has 2 heterocycles. The van der Waals surface area contributed by atoms with E-state index in [4.69, 9.17) is 18.9 Å². The summed E-state index contributed by atoms with van der Waals surface area (Å²) in [4.78, 5) is 57.8. The molecule has 2 aliphatic rings. The average molecular weight is 651 g/mol. The van der Waals surface area contributed by atoms with Crippen molar-refractivity contribution in [1.29, 1.82) is 0 Å². The summed E-state index contributed by atoms with van der Waals surface area (Å²) in [6, 6.07) is 14.3. The standard InChI is InChI=1S/C38H38N2O8/c1-5-15-46-16-14-39-35(41)27-10-6-23-25-8-12-29-34-30(13-9-26(32(25)34)24-7-11-28(36(39)42)33(27)31(23)24)38(44)40(37(29)43)21(2)19-48-22(3)20-47-18-17-45-4/h6-13,21-22H,5,14-20H2,1-4H3. The van der Waals surface area contributed by atoms with Crippen LogP contribution in [0.5, 0.6) is 0 Å². The number of methoxy groups -OCH3 is 1. The minimum atomic E-state index is -0.508. The molecule has 0 N–H and O–H groups in total. The van der Waals surface area contributed by atoms with Gasteiger partial charge in [0.05, 0.1) is 51.7 Å². The van der Waals surface area contributed by atoms with E-state index in [0.29, 0.717) is 59.5 Å². The summed E-state index contributed by atoms with van der Waals surface area (Å²) in [5.41, 5.74) is 1.85. The normalized spacial score (nSPS) is 16.0. The van der Waals surface area contributed by atoms with Gasteiger partial charge < -0.3 is 18.9 Å². The fraction of sp³-hybridized carbons (Fsp3) is 0.368. The Morgan fingerprint density at radius 2 is 1.08 bits per heavy atom. The first-order valence-corrected chi connectivity index (χ1v) is 16.5. The summed E-state index contributed by atoms with van der Waals surface area (Å²) < 4.78 is 22.1. The van der Waals surface area contributed by atoms with E-state index in [1.807, 2.05) is 38.1 Å². The highest BCUT2D eigenvalue weighted by Gasteiger charge is 2.38. The molecule has 4 amide bonds. The largest absolute Gasteiger partial charge is 0.382 e. The maximum atomic E-state index is 14.0.